The molecule has 3 atom stereocenters. The molecule has 0 bridgehead atoms. The molecule has 0 aromatic carbocycles. The Bertz CT molecular complexity index is 433. The van der Waals surface area contributed by atoms with Gasteiger partial charge in [-0.25, -0.2) is 0 Å². The summed E-state index contributed by atoms with van der Waals surface area (Å²) in [6.07, 6.45) is 6.85. The van der Waals surface area contributed by atoms with Crippen LogP contribution in [0.4, 0.5) is 0 Å². The maximum atomic E-state index is 12.7. The van der Waals surface area contributed by atoms with Crippen molar-refractivity contribution in [1.29, 1.82) is 0 Å². The number of aliphatic carboxylic acids is 1. The van der Waals surface area contributed by atoms with Gasteiger partial charge in [-0.15, -0.1) is 0 Å². The Labute approximate surface area is 126 Å². The fraction of sp³-hybridized carbons (Fsp3) is 0.882. The fourth-order valence-corrected chi connectivity index (χ4v) is 4.51. The summed E-state index contributed by atoms with van der Waals surface area (Å²) in [7, 11) is 0. The smallest absolute Gasteiger partial charge is 0.309 e. The van der Waals surface area contributed by atoms with Gasteiger partial charge >= 0.3 is 5.97 Å². The molecule has 0 aromatic heterocycles. The number of nitrogens with zero attached hydrogens (tertiary/aromatic N) is 1. The van der Waals surface area contributed by atoms with Gasteiger partial charge in [-0.3, -0.25) is 9.59 Å². The number of hydrogen-bond donors (Lipinski definition) is 1. The largest absolute Gasteiger partial charge is 0.481 e. The Balaban J connectivity index is 1.64. The zero-order chi connectivity index (χ0) is 15.2. The lowest BCUT2D eigenvalue weighted by molar-refractivity contribution is -0.153. The molecule has 1 amide bonds. The van der Waals surface area contributed by atoms with E-state index in [0.717, 1.165) is 19.4 Å². The molecule has 1 heterocycles. The van der Waals surface area contributed by atoms with Crippen molar-refractivity contribution >= 4 is 11.9 Å². The summed E-state index contributed by atoms with van der Waals surface area (Å²) >= 11 is 0. The Hall–Kier alpha value is -1.06. The summed E-state index contributed by atoms with van der Waals surface area (Å²) in [5, 5.41) is 9.40. The molecule has 1 saturated heterocycles. The molecule has 0 radical (unpaired) electrons. The van der Waals surface area contributed by atoms with Gasteiger partial charge in [0, 0.05) is 19.0 Å². The van der Waals surface area contributed by atoms with Crippen molar-refractivity contribution in [2.24, 2.45) is 29.1 Å². The van der Waals surface area contributed by atoms with Gasteiger partial charge in [0.1, 0.15) is 0 Å². The van der Waals surface area contributed by atoms with E-state index in [2.05, 4.69) is 0 Å². The van der Waals surface area contributed by atoms with E-state index in [-0.39, 0.29) is 11.8 Å². The van der Waals surface area contributed by atoms with Gasteiger partial charge in [-0.05, 0) is 57.3 Å². The number of hydrogen-bond acceptors (Lipinski definition) is 2. The van der Waals surface area contributed by atoms with Crippen molar-refractivity contribution in [2.45, 2.75) is 52.4 Å². The van der Waals surface area contributed by atoms with E-state index in [1.165, 1.54) is 25.7 Å². The Kier molecular flexibility index (Phi) is 3.74. The van der Waals surface area contributed by atoms with Crippen LogP contribution in [0.3, 0.4) is 0 Å². The first-order chi connectivity index (χ1) is 9.93. The minimum Gasteiger partial charge on any atom is -0.481 e. The molecule has 4 nitrogen and oxygen atoms in total. The molecule has 1 N–H and O–H groups in total. The predicted molar refractivity (Wildman–Crippen MR) is 79.7 cm³/mol. The molecular formula is C17H27NO3. The number of carbonyl (C=O) groups excluding carboxylic acids is 1. The summed E-state index contributed by atoms with van der Waals surface area (Å²) in [5.41, 5.74) is -0.741. The molecule has 3 unspecified atom stereocenters. The van der Waals surface area contributed by atoms with Gasteiger partial charge in [0.25, 0.3) is 0 Å². The van der Waals surface area contributed by atoms with Crippen molar-refractivity contribution in [3.63, 3.8) is 0 Å². The lowest BCUT2D eigenvalue weighted by atomic mass is 9.74. The molecule has 118 valence electrons. The van der Waals surface area contributed by atoms with Crippen LogP contribution in [0.5, 0.6) is 0 Å². The first-order valence-corrected chi connectivity index (χ1v) is 8.45. The first kappa shape index (κ1) is 14.9. The molecular weight excluding hydrogens is 266 g/mol. The maximum Gasteiger partial charge on any atom is 0.309 e. The fourth-order valence-electron chi connectivity index (χ4n) is 4.51. The number of fused-ring (bicyclic) bond motifs is 1. The van der Waals surface area contributed by atoms with Gasteiger partial charge in [-0.1, -0.05) is 12.8 Å². The maximum absolute atomic E-state index is 12.7. The third-order valence-electron chi connectivity index (χ3n) is 6.25. The highest BCUT2D eigenvalue weighted by Crippen LogP contribution is 2.56. The number of rotatable bonds is 3. The van der Waals surface area contributed by atoms with E-state index in [1.807, 2.05) is 4.90 Å². The van der Waals surface area contributed by atoms with Crippen molar-refractivity contribution < 1.29 is 14.7 Å². The highest BCUT2D eigenvalue weighted by molar-refractivity contribution is 5.82. The van der Waals surface area contributed by atoms with E-state index < -0.39 is 11.4 Å². The quantitative estimate of drug-likeness (QED) is 0.870. The van der Waals surface area contributed by atoms with Crippen LogP contribution < -0.4 is 0 Å². The van der Waals surface area contributed by atoms with Crippen molar-refractivity contribution in [1.82, 2.24) is 4.90 Å². The zero-order valence-electron chi connectivity index (χ0n) is 13.2. The normalized spacial score (nSPS) is 36.0. The summed E-state index contributed by atoms with van der Waals surface area (Å²) < 4.78 is 0. The van der Waals surface area contributed by atoms with Crippen LogP contribution in [-0.4, -0.2) is 35.0 Å². The lowest BCUT2D eigenvalue weighted by Gasteiger charge is -2.39. The van der Waals surface area contributed by atoms with Crippen LogP contribution in [0.1, 0.15) is 52.4 Å². The molecule has 2 aliphatic carbocycles. The van der Waals surface area contributed by atoms with Gasteiger partial charge in [-0.2, -0.15) is 0 Å². The van der Waals surface area contributed by atoms with Crippen LogP contribution in [0.15, 0.2) is 0 Å². The molecule has 0 spiro atoms. The van der Waals surface area contributed by atoms with Gasteiger partial charge in [0.15, 0.2) is 0 Å². The van der Waals surface area contributed by atoms with Gasteiger partial charge < -0.3 is 10.0 Å². The van der Waals surface area contributed by atoms with E-state index >= 15 is 0 Å². The molecule has 3 aliphatic rings. The SMILES string of the molecule is CC(C)(C(=O)O)C1CCCN(C(=O)C2C3CCCCC32)C1. The van der Waals surface area contributed by atoms with Gasteiger partial charge in [0.05, 0.1) is 5.41 Å². The van der Waals surface area contributed by atoms with Crippen LogP contribution in [0.25, 0.3) is 0 Å². The van der Waals surface area contributed by atoms with E-state index in [0.29, 0.717) is 24.3 Å². The highest BCUT2D eigenvalue weighted by Gasteiger charge is 2.56. The number of likely N-dealkylation sites (tertiary alicyclic amines) is 1. The van der Waals surface area contributed by atoms with Crippen LogP contribution in [0.2, 0.25) is 0 Å². The molecule has 4 heteroatoms. The monoisotopic (exact) mass is 293 g/mol. The Morgan fingerprint density at radius 3 is 2.24 bits per heavy atom. The molecule has 3 fully saturated rings. The van der Waals surface area contributed by atoms with Crippen molar-refractivity contribution in [3.8, 4) is 0 Å². The second-order valence-electron chi connectivity index (χ2n) is 7.79. The average Bonchev–Trinajstić information content (AvgIpc) is 3.20. The van der Waals surface area contributed by atoms with Crippen LogP contribution >= 0.6 is 0 Å². The number of carboxylic acids is 1. The molecule has 0 aromatic rings. The van der Waals surface area contributed by atoms with E-state index in [9.17, 15) is 14.7 Å². The predicted octanol–water partition coefficient (Wildman–Crippen LogP) is 2.77. The molecule has 3 rings (SSSR count). The topological polar surface area (TPSA) is 57.6 Å². The summed E-state index contributed by atoms with van der Waals surface area (Å²) in [6, 6.07) is 0. The van der Waals surface area contributed by atoms with E-state index in [4.69, 9.17) is 0 Å². The van der Waals surface area contributed by atoms with Gasteiger partial charge in [0.2, 0.25) is 5.91 Å². The molecule has 21 heavy (non-hydrogen) atoms. The number of carbonyl (C=O) groups is 2. The highest BCUT2D eigenvalue weighted by atomic mass is 16.4. The third-order valence-corrected chi connectivity index (χ3v) is 6.25. The number of amides is 1. The number of piperidine rings is 1. The van der Waals surface area contributed by atoms with Crippen LogP contribution in [0, 0.1) is 29.1 Å². The van der Waals surface area contributed by atoms with Crippen molar-refractivity contribution in [3.05, 3.63) is 0 Å². The summed E-state index contributed by atoms with van der Waals surface area (Å²) in [4.78, 5) is 26.2. The molecule has 1 aliphatic heterocycles. The second-order valence-corrected chi connectivity index (χ2v) is 7.79. The lowest BCUT2D eigenvalue weighted by Crippen LogP contribution is -2.47. The van der Waals surface area contributed by atoms with E-state index in [1.54, 1.807) is 13.8 Å². The Morgan fingerprint density at radius 1 is 1.05 bits per heavy atom. The van der Waals surface area contributed by atoms with Crippen molar-refractivity contribution in [2.75, 3.05) is 13.1 Å². The first-order valence-electron chi connectivity index (χ1n) is 8.45. The summed E-state index contributed by atoms with van der Waals surface area (Å²) in [6.45, 7) is 5.05. The zero-order valence-corrected chi connectivity index (χ0v) is 13.2. The Morgan fingerprint density at radius 2 is 1.67 bits per heavy atom. The number of carboxylic acid groups (broad SMARTS) is 1. The second kappa shape index (κ2) is 5.29. The minimum atomic E-state index is -0.748. The molecule has 2 saturated carbocycles. The minimum absolute atomic E-state index is 0.0773. The average molecular weight is 293 g/mol. The summed E-state index contributed by atoms with van der Waals surface area (Å²) in [5.74, 6) is 1.19. The van der Waals surface area contributed by atoms with Crippen LogP contribution in [-0.2, 0) is 9.59 Å². The third kappa shape index (κ3) is 2.58. The standard InChI is InChI=1S/C17H27NO3/c1-17(2,16(20)21)11-6-5-9-18(10-11)15(19)14-12-7-3-4-8-13(12)14/h11-14H,3-10H2,1-2H3,(H,20,21).